The molecule has 8 nitrogen and oxygen atoms in total. The second kappa shape index (κ2) is 5.66. The van der Waals surface area contributed by atoms with E-state index in [1.807, 2.05) is 0 Å². The van der Waals surface area contributed by atoms with Gasteiger partial charge in [0.2, 0.25) is 6.33 Å². The van der Waals surface area contributed by atoms with Crippen LogP contribution in [0.15, 0.2) is 6.33 Å². The van der Waals surface area contributed by atoms with Crippen LogP contribution in [0.4, 0.5) is 23.5 Å². The summed E-state index contributed by atoms with van der Waals surface area (Å²) in [5, 5.41) is 22.9. The van der Waals surface area contributed by atoms with Crippen LogP contribution in [0.1, 0.15) is 6.92 Å². The first-order chi connectivity index (χ1) is 9.03. The van der Waals surface area contributed by atoms with Crippen molar-refractivity contribution in [3.63, 3.8) is 0 Å². The van der Waals surface area contributed by atoms with Crippen LogP contribution in [0.5, 0.6) is 0 Å². The van der Waals surface area contributed by atoms with Crippen LogP contribution in [0, 0.1) is 10.1 Å². The molecule has 0 radical (unpaired) electrons. The molecule has 114 valence electrons. The maximum absolute atomic E-state index is 12.7. The Balaban J connectivity index is 2.51. The molecule has 0 aliphatic heterocycles. The molecule has 0 amide bonds. The van der Waals surface area contributed by atoms with Crippen LogP contribution in [-0.2, 0) is 11.3 Å². The summed E-state index contributed by atoms with van der Waals surface area (Å²) in [5.41, 5.74) is 0. The van der Waals surface area contributed by atoms with Gasteiger partial charge in [-0.15, -0.1) is 0 Å². The average molecular weight is 302 g/mol. The van der Waals surface area contributed by atoms with Crippen molar-refractivity contribution in [2.45, 2.75) is 31.6 Å². The number of aliphatic hydroxyl groups excluding tert-OH is 1. The summed E-state index contributed by atoms with van der Waals surface area (Å²) >= 11 is 0. The molecule has 0 aromatic carbocycles. The van der Waals surface area contributed by atoms with Gasteiger partial charge in [0.25, 0.3) is 0 Å². The van der Waals surface area contributed by atoms with Gasteiger partial charge in [0.15, 0.2) is 0 Å². The van der Waals surface area contributed by atoms with Crippen molar-refractivity contribution in [3.05, 3.63) is 16.4 Å². The van der Waals surface area contributed by atoms with E-state index in [-0.39, 0.29) is 6.92 Å². The maximum atomic E-state index is 12.7. The van der Waals surface area contributed by atoms with Gasteiger partial charge in [-0.3, -0.25) is 0 Å². The first-order valence-corrected chi connectivity index (χ1v) is 5.14. The number of nitro groups is 1. The van der Waals surface area contributed by atoms with Gasteiger partial charge in [0.05, 0.1) is 19.3 Å². The van der Waals surface area contributed by atoms with E-state index < -0.39 is 42.2 Å². The van der Waals surface area contributed by atoms with E-state index in [1.54, 1.807) is 0 Å². The molecule has 1 atom stereocenters. The lowest BCUT2D eigenvalue weighted by Crippen LogP contribution is -2.42. The van der Waals surface area contributed by atoms with E-state index in [2.05, 4.69) is 14.8 Å². The van der Waals surface area contributed by atoms with E-state index in [0.29, 0.717) is 0 Å². The lowest BCUT2D eigenvalue weighted by molar-refractivity contribution is -0.394. The fourth-order valence-electron chi connectivity index (χ4n) is 1.05. The molecule has 1 N–H and O–H groups in total. The van der Waals surface area contributed by atoms with Gasteiger partial charge in [-0.1, -0.05) is 4.98 Å². The van der Waals surface area contributed by atoms with Crippen LogP contribution in [0.3, 0.4) is 0 Å². The van der Waals surface area contributed by atoms with Gasteiger partial charge in [-0.2, -0.15) is 22.2 Å². The van der Waals surface area contributed by atoms with E-state index in [9.17, 15) is 32.8 Å². The molecule has 1 aromatic heterocycles. The Morgan fingerprint density at radius 3 is 2.60 bits per heavy atom. The van der Waals surface area contributed by atoms with Crippen molar-refractivity contribution in [2.24, 2.45) is 0 Å². The Morgan fingerprint density at radius 1 is 1.55 bits per heavy atom. The van der Waals surface area contributed by atoms with Crippen molar-refractivity contribution < 1.29 is 32.3 Å². The van der Waals surface area contributed by atoms with E-state index in [1.165, 1.54) is 0 Å². The molecule has 0 saturated carbocycles. The topological polar surface area (TPSA) is 103 Å². The Morgan fingerprint density at radius 2 is 2.15 bits per heavy atom. The van der Waals surface area contributed by atoms with E-state index in [4.69, 9.17) is 0 Å². The van der Waals surface area contributed by atoms with Crippen LogP contribution < -0.4 is 0 Å². The van der Waals surface area contributed by atoms with Crippen molar-refractivity contribution in [1.29, 1.82) is 0 Å². The minimum atomic E-state index is -4.73. The summed E-state index contributed by atoms with van der Waals surface area (Å²) in [5.74, 6) is -5.15. The largest absolute Gasteiger partial charge is 0.490 e. The Labute approximate surface area is 109 Å². The number of hydrogen-bond acceptors (Lipinski definition) is 6. The third-order valence-electron chi connectivity index (χ3n) is 2.05. The Hall–Kier alpha value is -1.82. The molecular formula is C8H10F4N4O4. The van der Waals surface area contributed by atoms with Gasteiger partial charge < -0.3 is 20.0 Å². The van der Waals surface area contributed by atoms with Gasteiger partial charge in [0, 0.05) is 12.0 Å². The third kappa shape index (κ3) is 4.09. The van der Waals surface area contributed by atoms with Crippen LogP contribution >= 0.6 is 0 Å². The van der Waals surface area contributed by atoms with Crippen LogP contribution in [0.25, 0.3) is 0 Å². The minimum absolute atomic E-state index is 0.0276. The SMILES string of the molecule is CC(F)(F)C(F)(F)OCC(O)Cn1cnc([N+](=O)[O-])n1. The molecule has 0 fully saturated rings. The summed E-state index contributed by atoms with van der Waals surface area (Å²) in [4.78, 5) is 12.6. The van der Waals surface area contributed by atoms with Gasteiger partial charge in [-0.25, -0.2) is 0 Å². The smallest absolute Gasteiger partial charge is 0.390 e. The van der Waals surface area contributed by atoms with Gasteiger partial charge in [-0.05, 0) is 4.92 Å². The second-order valence-electron chi connectivity index (χ2n) is 3.89. The highest BCUT2D eigenvalue weighted by Crippen LogP contribution is 2.34. The number of aliphatic hydroxyl groups is 1. The molecule has 20 heavy (non-hydrogen) atoms. The predicted octanol–water partition coefficient (Wildman–Crippen LogP) is 0.812. The molecule has 1 heterocycles. The van der Waals surface area contributed by atoms with E-state index in [0.717, 1.165) is 11.0 Å². The standard InChI is InChI=1S/C8H10F4N4O4/c1-7(9,10)8(11,12)20-3-5(17)2-15-4-13-6(14-15)16(18)19/h4-5,17H,2-3H2,1H3. The lowest BCUT2D eigenvalue weighted by Gasteiger charge is -2.23. The summed E-state index contributed by atoms with van der Waals surface area (Å²) < 4.78 is 54.7. The van der Waals surface area contributed by atoms with Crippen LogP contribution in [0.2, 0.25) is 0 Å². The number of rotatable bonds is 7. The third-order valence-corrected chi connectivity index (χ3v) is 2.05. The Kier molecular flexibility index (Phi) is 4.60. The highest BCUT2D eigenvalue weighted by Gasteiger charge is 2.54. The quantitative estimate of drug-likeness (QED) is 0.454. The molecule has 0 aliphatic rings. The fraction of sp³-hybridized carbons (Fsp3) is 0.750. The molecule has 0 spiro atoms. The molecular weight excluding hydrogens is 292 g/mol. The highest BCUT2D eigenvalue weighted by atomic mass is 19.3. The number of hydrogen-bond donors (Lipinski definition) is 1. The molecule has 0 bridgehead atoms. The monoisotopic (exact) mass is 302 g/mol. The molecule has 0 aliphatic carbocycles. The zero-order valence-corrected chi connectivity index (χ0v) is 10.0. The second-order valence-corrected chi connectivity index (χ2v) is 3.89. The number of aromatic nitrogens is 3. The normalized spacial score (nSPS) is 14.3. The molecule has 0 saturated heterocycles. The van der Waals surface area contributed by atoms with Crippen LogP contribution in [-0.4, -0.2) is 49.5 Å². The number of ether oxygens (including phenoxy) is 1. The molecule has 1 unspecified atom stereocenters. The summed E-state index contributed by atoms with van der Waals surface area (Å²) in [7, 11) is 0. The molecule has 12 heteroatoms. The highest BCUT2D eigenvalue weighted by molar-refractivity contribution is 4.96. The summed E-state index contributed by atoms with van der Waals surface area (Å²) in [6.07, 6.45) is -5.47. The van der Waals surface area contributed by atoms with E-state index >= 15 is 0 Å². The minimum Gasteiger partial charge on any atom is -0.390 e. The Bertz CT molecular complexity index is 475. The molecule has 1 rings (SSSR count). The lowest BCUT2D eigenvalue weighted by atomic mass is 10.3. The fourth-order valence-corrected chi connectivity index (χ4v) is 1.05. The zero-order valence-electron chi connectivity index (χ0n) is 10.0. The number of nitrogens with zero attached hydrogens (tertiary/aromatic N) is 4. The first-order valence-electron chi connectivity index (χ1n) is 5.14. The van der Waals surface area contributed by atoms with Gasteiger partial charge in [0.1, 0.15) is 0 Å². The number of alkyl halides is 4. The van der Waals surface area contributed by atoms with Crippen molar-refractivity contribution in [1.82, 2.24) is 14.8 Å². The van der Waals surface area contributed by atoms with Crippen molar-refractivity contribution in [3.8, 4) is 0 Å². The van der Waals surface area contributed by atoms with Crippen molar-refractivity contribution >= 4 is 5.95 Å². The van der Waals surface area contributed by atoms with Gasteiger partial charge >= 0.3 is 18.0 Å². The maximum Gasteiger partial charge on any atom is 0.490 e. The molecule has 1 aromatic rings. The summed E-state index contributed by atoms with van der Waals surface area (Å²) in [6, 6.07) is 0. The number of halogens is 4. The summed E-state index contributed by atoms with van der Waals surface area (Å²) in [6.45, 7) is -1.61. The zero-order chi connectivity index (χ0) is 15.6. The van der Waals surface area contributed by atoms with Crippen molar-refractivity contribution in [2.75, 3.05) is 6.61 Å². The first kappa shape index (κ1) is 16.2. The average Bonchev–Trinajstić information content (AvgIpc) is 2.73. The predicted molar refractivity (Wildman–Crippen MR) is 54.2 cm³/mol.